The quantitative estimate of drug-likeness (QED) is 0.850. The molecule has 1 aliphatic rings. The fourth-order valence-electron chi connectivity index (χ4n) is 2.92. The molecule has 1 aliphatic heterocycles. The second-order valence-electron chi connectivity index (χ2n) is 5.24. The fraction of sp³-hybridized carbons (Fsp3) is 0.353. The number of carbonyl (C=O) groups excluding carboxylic acids is 1. The van der Waals surface area contributed by atoms with Gasteiger partial charge in [-0.25, -0.2) is 0 Å². The van der Waals surface area contributed by atoms with Crippen molar-refractivity contribution in [1.82, 2.24) is 4.90 Å². The highest BCUT2D eigenvalue weighted by Gasteiger charge is 2.29. The minimum absolute atomic E-state index is 0.229. The summed E-state index contributed by atoms with van der Waals surface area (Å²) in [5.41, 5.74) is 1.25. The van der Waals surface area contributed by atoms with E-state index in [4.69, 9.17) is 4.42 Å². The number of likely N-dealkylation sites (tertiary alicyclic amines) is 1. The molecule has 0 unspecified atom stereocenters. The molecule has 3 nitrogen and oxygen atoms in total. The number of carbonyl (C=O) groups is 1. The van der Waals surface area contributed by atoms with E-state index in [1.165, 1.54) is 5.56 Å². The van der Waals surface area contributed by atoms with Gasteiger partial charge in [0.05, 0.1) is 12.3 Å². The molecular formula is C17H19NO2. The summed E-state index contributed by atoms with van der Waals surface area (Å²) in [5, 5.41) is 0. The van der Waals surface area contributed by atoms with Gasteiger partial charge in [-0.2, -0.15) is 0 Å². The summed E-state index contributed by atoms with van der Waals surface area (Å²) in [6.07, 6.45) is 5.02. The Hall–Kier alpha value is -2.03. The van der Waals surface area contributed by atoms with Crippen molar-refractivity contribution >= 4 is 5.91 Å². The van der Waals surface area contributed by atoms with Crippen molar-refractivity contribution in [3.8, 4) is 0 Å². The molecule has 104 valence electrons. The number of rotatable bonds is 4. The average molecular weight is 269 g/mol. The number of amides is 1. The molecule has 1 aromatic heterocycles. The zero-order chi connectivity index (χ0) is 13.8. The van der Waals surface area contributed by atoms with Gasteiger partial charge < -0.3 is 9.32 Å². The van der Waals surface area contributed by atoms with Crippen LogP contribution in [0.4, 0.5) is 0 Å². The van der Waals surface area contributed by atoms with E-state index in [0.717, 1.165) is 25.1 Å². The lowest BCUT2D eigenvalue weighted by Gasteiger charge is -2.25. The molecule has 20 heavy (non-hydrogen) atoms. The molecular weight excluding hydrogens is 250 g/mol. The van der Waals surface area contributed by atoms with E-state index in [0.29, 0.717) is 12.8 Å². The lowest BCUT2D eigenvalue weighted by Crippen LogP contribution is -2.30. The number of furan rings is 1. The van der Waals surface area contributed by atoms with E-state index < -0.39 is 0 Å². The third-order valence-corrected chi connectivity index (χ3v) is 3.92. The lowest BCUT2D eigenvalue weighted by molar-refractivity contribution is -0.132. The Labute approximate surface area is 119 Å². The third kappa shape index (κ3) is 2.77. The number of nitrogens with zero attached hydrogens (tertiary/aromatic N) is 1. The van der Waals surface area contributed by atoms with Crippen LogP contribution >= 0.6 is 0 Å². The summed E-state index contributed by atoms with van der Waals surface area (Å²) >= 11 is 0. The third-order valence-electron chi connectivity index (χ3n) is 3.92. The van der Waals surface area contributed by atoms with Gasteiger partial charge in [-0.05, 0) is 30.5 Å². The van der Waals surface area contributed by atoms with Crippen LogP contribution in [-0.2, 0) is 11.2 Å². The zero-order valence-corrected chi connectivity index (χ0v) is 11.5. The Morgan fingerprint density at radius 1 is 1.20 bits per heavy atom. The van der Waals surface area contributed by atoms with E-state index in [2.05, 4.69) is 12.1 Å². The minimum Gasteiger partial charge on any atom is -0.469 e. The SMILES string of the molecule is O=C(CCc1ccco1)N1CCC[C@H]1c1ccccc1. The van der Waals surface area contributed by atoms with Crippen LogP contribution in [0.15, 0.2) is 53.1 Å². The highest BCUT2D eigenvalue weighted by molar-refractivity contribution is 5.77. The van der Waals surface area contributed by atoms with Crippen LogP contribution < -0.4 is 0 Å². The van der Waals surface area contributed by atoms with Gasteiger partial charge in [0.1, 0.15) is 5.76 Å². The Bertz CT molecular complexity index is 548. The smallest absolute Gasteiger partial charge is 0.223 e. The molecule has 3 heteroatoms. The standard InChI is InChI=1S/C17H19NO2/c19-17(11-10-15-8-5-13-20-15)18-12-4-9-16(18)14-6-2-1-3-7-14/h1-3,5-8,13,16H,4,9-12H2/t16-/m0/s1. The maximum Gasteiger partial charge on any atom is 0.223 e. The van der Waals surface area contributed by atoms with Gasteiger partial charge in [0.15, 0.2) is 0 Å². The van der Waals surface area contributed by atoms with Crippen LogP contribution in [0.2, 0.25) is 0 Å². The molecule has 0 spiro atoms. The maximum absolute atomic E-state index is 12.4. The molecule has 0 N–H and O–H groups in total. The molecule has 1 saturated heterocycles. The second-order valence-corrected chi connectivity index (χ2v) is 5.24. The summed E-state index contributed by atoms with van der Waals surface area (Å²) in [7, 11) is 0. The molecule has 3 rings (SSSR count). The zero-order valence-electron chi connectivity index (χ0n) is 11.5. The predicted octanol–water partition coefficient (Wildman–Crippen LogP) is 3.58. The van der Waals surface area contributed by atoms with Crippen molar-refractivity contribution in [2.45, 2.75) is 31.7 Å². The van der Waals surface area contributed by atoms with Gasteiger partial charge in [-0.15, -0.1) is 0 Å². The Kier molecular flexibility index (Phi) is 3.86. The van der Waals surface area contributed by atoms with Crippen molar-refractivity contribution < 1.29 is 9.21 Å². The highest BCUT2D eigenvalue weighted by Crippen LogP contribution is 2.32. The van der Waals surface area contributed by atoms with Crippen molar-refractivity contribution in [3.63, 3.8) is 0 Å². The van der Waals surface area contributed by atoms with Crippen LogP contribution in [0.25, 0.3) is 0 Å². The van der Waals surface area contributed by atoms with E-state index in [-0.39, 0.29) is 11.9 Å². The normalized spacial score (nSPS) is 18.4. The van der Waals surface area contributed by atoms with Crippen LogP contribution in [-0.4, -0.2) is 17.4 Å². The van der Waals surface area contributed by atoms with E-state index in [9.17, 15) is 4.79 Å². The largest absolute Gasteiger partial charge is 0.469 e. The molecule has 0 saturated carbocycles. The molecule has 2 aromatic rings. The van der Waals surface area contributed by atoms with Gasteiger partial charge >= 0.3 is 0 Å². The summed E-state index contributed by atoms with van der Waals surface area (Å²) in [4.78, 5) is 14.4. The summed E-state index contributed by atoms with van der Waals surface area (Å²) in [5.74, 6) is 1.11. The fourth-order valence-corrected chi connectivity index (χ4v) is 2.92. The van der Waals surface area contributed by atoms with E-state index in [1.54, 1.807) is 6.26 Å². The molecule has 0 bridgehead atoms. The Balaban J connectivity index is 1.64. The van der Waals surface area contributed by atoms with Crippen molar-refractivity contribution in [2.24, 2.45) is 0 Å². The van der Waals surface area contributed by atoms with Gasteiger partial charge in [0.2, 0.25) is 5.91 Å². The molecule has 0 radical (unpaired) electrons. The first-order chi connectivity index (χ1) is 9.84. The van der Waals surface area contributed by atoms with Gasteiger partial charge in [-0.3, -0.25) is 4.79 Å². The first kappa shape index (κ1) is 13.0. The monoisotopic (exact) mass is 269 g/mol. The molecule has 2 heterocycles. The summed E-state index contributed by atoms with van der Waals surface area (Å²) in [6, 6.07) is 14.4. The maximum atomic E-state index is 12.4. The molecule has 1 aromatic carbocycles. The van der Waals surface area contributed by atoms with Gasteiger partial charge in [-0.1, -0.05) is 30.3 Å². The second kappa shape index (κ2) is 5.95. The van der Waals surface area contributed by atoms with Crippen LogP contribution in [0.5, 0.6) is 0 Å². The van der Waals surface area contributed by atoms with E-state index >= 15 is 0 Å². The molecule has 0 aliphatic carbocycles. The van der Waals surface area contributed by atoms with Crippen molar-refractivity contribution in [1.29, 1.82) is 0 Å². The van der Waals surface area contributed by atoms with Crippen LogP contribution in [0.3, 0.4) is 0 Å². The first-order valence-corrected chi connectivity index (χ1v) is 7.21. The Morgan fingerprint density at radius 2 is 2.05 bits per heavy atom. The van der Waals surface area contributed by atoms with Crippen molar-refractivity contribution in [3.05, 3.63) is 60.1 Å². The molecule has 1 fully saturated rings. The van der Waals surface area contributed by atoms with Crippen LogP contribution in [0.1, 0.15) is 36.6 Å². The predicted molar refractivity (Wildman–Crippen MR) is 77.2 cm³/mol. The van der Waals surface area contributed by atoms with Crippen LogP contribution in [0, 0.1) is 0 Å². The number of hydrogen-bond acceptors (Lipinski definition) is 2. The number of hydrogen-bond donors (Lipinski definition) is 0. The number of benzene rings is 1. The topological polar surface area (TPSA) is 33.5 Å². The van der Waals surface area contributed by atoms with E-state index in [1.807, 2.05) is 35.2 Å². The number of aryl methyl sites for hydroxylation is 1. The minimum atomic E-state index is 0.229. The first-order valence-electron chi connectivity index (χ1n) is 7.21. The average Bonchev–Trinajstić information content (AvgIpc) is 3.17. The molecule has 1 amide bonds. The summed E-state index contributed by atoms with van der Waals surface area (Å²) in [6.45, 7) is 0.872. The van der Waals surface area contributed by atoms with Gasteiger partial charge in [0.25, 0.3) is 0 Å². The molecule has 1 atom stereocenters. The highest BCUT2D eigenvalue weighted by atomic mass is 16.3. The summed E-state index contributed by atoms with van der Waals surface area (Å²) < 4.78 is 5.29. The van der Waals surface area contributed by atoms with Crippen molar-refractivity contribution in [2.75, 3.05) is 6.54 Å². The van der Waals surface area contributed by atoms with Gasteiger partial charge in [0, 0.05) is 19.4 Å². The Morgan fingerprint density at radius 3 is 2.80 bits per heavy atom. The lowest BCUT2D eigenvalue weighted by atomic mass is 10.0.